The van der Waals surface area contributed by atoms with Gasteiger partial charge in [0.25, 0.3) is 0 Å². The second-order valence-corrected chi connectivity index (χ2v) is 8.53. The first-order chi connectivity index (χ1) is 10.8. The maximum atomic E-state index is 9.08. The van der Waals surface area contributed by atoms with Crippen LogP contribution in [-0.4, -0.2) is 49.9 Å². The molecule has 0 radical (unpaired) electrons. The predicted octanol–water partition coefficient (Wildman–Crippen LogP) is 4.31. The van der Waals surface area contributed by atoms with E-state index in [2.05, 4.69) is 13.8 Å². The van der Waals surface area contributed by atoms with Crippen molar-refractivity contribution in [3.63, 3.8) is 0 Å². The van der Waals surface area contributed by atoms with Crippen molar-refractivity contribution in [1.29, 1.82) is 0 Å². The zero-order valence-electron chi connectivity index (χ0n) is 15.7. The van der Waals surface area contributed by atoms with Crippen molar-refractivity contribution in [1.82, 2.24) is 0 Å². The van der Waals surface area contributed by atoms with E-state index in [-0.39, 0.29) is 0 Å². The van der Waals surface area contributed by atoms with Crippen molar-refractivity contribution in [3.8, 4) is 0 Å². The van der Waals surface area contributed by atoms with E-state index >= 15 is 0 Å². The summed E-state index contributed by atoms with van der Waals surface area (Å²) in [4.78, 5) is 0. The molecule has 5 heteroatoms. The number of rotatable bonds is 11. The van der Waals surface area contributed by atoms with Gasteiger partial charge < -0.3 is 9.04 Å². The molecule has 0 atom stereocenters. The lowest BCUT2D eigenvalue weighted by Crippen LogP contribution is -2.46. The Balaban J connectivity index is 0.000000841. The highest BCUT2D eigenvalue weighted by atomic mass is 32.2. The fraction of sp³-hybridized carbons (Fsp3) is 1.00. The summed E-state index contributed by atoms with van der Waals surface area (Å²) in [6, 6.07) is 0. The first-order valence-corrected chi connectivity index (χ1v) is 11.4. The lowest BCUT2D eigenvalue weighted by Gasteiger charge is -2.34. The van der Waals surface area contributed by atoms with E-state index in [1.165, 1.54) is 101 Å². The average Bonchev–Trinajstić information content (AvgIpc) is 2.92. The molecular weight excluding hydrogens is 310 g/mol. The van der Waals surface area contributed by atoms with E-state index in [1.54, 1.807) is 0 Å². The van der Waals surface area contributed by atoms with Gasteiger partial charge in [-0.3, -0.25) is 0 Å². The molecular formula is C18H39NO3S. The molecule has 1 rings (SSSR count). The first kappa shape index (κ1) is 22.9. The topological polar surface area (TPSA) is 57.2 Å². The molecule has 0 spiro atoms. The van der Waals surface area contributed by atoms with Gasteiger partial charge in [0.15, 0.2) is 0 Å². The van der Waals surface area contributed by atoms with Gasteiger partial charge in [-0.1, -0.05) is 52.4 Å². The molecule has 1 saturated heterocycles. The highest BCUT2D eigenvalue weighted by Crippen LogP contribution is 2.22. The van der Waals surface area contributed by atoms with Crippen LogP contribution in [0.2, 0.25) is 0 Å². The molecule has 1 heterocycles. The van der Waals surface area contributed by atoms with Crippen molar-refractivity contribution in [2.75, 3.05) is 32.4 Å². The van der Waals surface area contributed by atoms with E-state index in [0.717, 1.165) is 0 Å². The first-order valence-electron chi connectivity index (χ1n) is 9.59. The molecule has 0 unspecified atom stereocenters. The third-order valence-electron chi connectivity index (χ3n) is 4.74. The fourth-order valence-electron chi connectivity index (χ4n) is 3.46. The quantitative estimate of drug-likeness (QED) is 0.317. The molecule has 0 saturated carbocycles. The standard InChI is InChI=1S/C17H36N.CH4O3S/c1-3-5-7-8-9-10-11-15-18(14-6-4-2)16-12-13-17-18;1-5(2,3)4/h3-17H2,1-2H3;1H3,(H,2,3,4)/q+1;/p-1. The minimum atomic E-state index is -3.92. The normalized spacial score (nSPS) is 16.9. The van der Waals surface area contributed by atoms with Crippen LogP contribution < -0.4 is 0 Å². The lowest BCUT2D eigenvalue weighted by atomic mass is 10.1. The van der Waals surface area contributed by atoms with E-state index in [4.69, 9.17) is 13.0 Å². The van der Waals surface area contributed by atoms with Gasteiger partial charge in [0.05, 0.1) is 36.3 Å². The molecule has 1 aliphatic heterocycles. The molecule has 0 amide bonds. The van der Waals surface area contributed by atoms with Crippen LogP contribution >= 0.6 is 0 Å². The Labute approximate surface area is 145 Å². The van der Waals surface area contributed by atoms with Gasteiger partial charge in [0, 0.05) is 19.1 Å². The maximum absolute atomic E-state index is 9.08. The Morgan fingerprint density at radius 3 is 1.65 bits per heavy atom. The van der Waals surface area contributed by atoms with Gasteiger partial charge in [-0.25, -0.2) is 8.42 Å². The molecule has 140 valence electrons. The molecule has 4 nitrogen and oxygen atoms in total. The van der Waals surface area contributed by atoms with Gasteiger partial charge in [0.1, 0.15) is 0 Å². The number of unbranched alkanes of at least 4 members (excludes halogenated alkanes) is 7. The number of hydrogen-bond donors (Lipinski definition) is 0. The summed E-state index contributed by atoms with van der Waals surface area (Å²) >= 11 is 0. The molecule has 0 aromatic rings. The summed E-state index contributed by atoms with van der Waals surface area (Å²) < 4.78 is 28.7. The molecule has 1 aliphatic rings. The van der Waals surface area contributed by atoms with Gasteiger partial charge in [-0.2, -0.15) is 0 Å². The number of nitrogens with zero attached hydrogens (tertiary/aromatic N) is 1. The van der Waals surface area contributed by atoms with Crippen LogP contribution in [0.1, 0.15) is 84.5 Å². The molecule has 0 aromatic heterocycles. The summed E-state index contributed by atoms with van der Waals surface area (Å²) in [6.07, 6.45) is 16.6. The number of likely N-dealkylation sites (tertiary alicyclic amines) is 1. The molecule has 23 heavy (non-hydrogen) atoms. The average molecular weight is 350 g/mol. The zero-order valence-corrected chi connectivity index (χ0v) is 16.5. The number of quaternary nitrogens is 1. The molecule has 0 aliphatic carbocycles. The maximum Gasteiger partial charge on any atom is 0.0916 e. The summed E-state index contributed by atoms with van der Waals surface area (Å²) in [5.41, 5.74) is 0. The summed E-state index contributed by atoms with van der Waals surface area (Å²) in [5.74, 6) is 0. The molecule has 0 N–H and O–H groups in total. The van der Waals surface area contributed by atoms with Crippen molar-refractivity contribution in [3.05, 3.63) is 0 Å². The van der Waals surface area contributed by atoms with E-state index < -0.39 is 10.1 Å². The van der Waals surface area contributed by atoms with Crippen molar-refractivity contribution in [2.45, 2.75) is 84.5 Å². The Morgan fingerprint density at radius 1 is 0.783 bits per heavy atom. The minimum Gasteiger partial charge on any atom is -0.748 e. The van der Waals surface area contributed by atoms with Crippen molar-refractivity contribution in [2.24, 2.45) is 0 Å². The van der Waals surface area contributed by atoms with E-state index in [9.17, 15) is 0 Å². The highest BCUT2D eigenvalue weighted by molar-refractivity contribution is 7.84. The van der Waals surface area contributed by atoms with Crippen molar-refractivity contribution >= 4 is 10.1 Å². The number of hydrogen-bond acceptors (Lipinski definition) is 3. The van der Waals surface area contributed by atoms with Crippen LogP contribution in [0, 0.1) is 0 Å². The molecule has 0 aromatic carbocycles. The van der Waals surface area contributed by atoms with Gasteiger partial charge in [0.2, 0.25) is 0 Å². The Morgan fingerprint density at radius 2 is 1.17 bits per heavy atom. The van der Waals surface area contributed by atoms with Gasteiger partial charge in [-0.05, 0) is 19.3 Å². The highest BCUT2D eigenvalue weighted by Gasteiger charge is 2.30. The third-order valence-corrected chi connectivity index (χ3v) is 4.74. The van der Waals surface area contributed by atoms with Gasteiger partial charge >= 0.3 is 0 Å². The predicted molar refractivity (Wildman–Crippen MR) is 97.5 cm³/mol. The van der Waals surface area contributed by atoms with Gasteiger partial charge in [-0.15, -0.1) is 0 Å². The van der Waals surface area contributed by atoms with Crippen LogP contribution in [0.5, 0.6) is 0 Å². The summed E-state index contributed by atoms with van der Waals surface area (Å²) in [6.45, 7) is 10.5. The summed E-state index contributed by atoms with van der Waals surface area (Å²) in [5, 5.41) is 0. The largest absolute Gasteiger partial charge is 0.748 e. The van der Waals surface area contributed by atoms with E-state index in [1.807, 2.05) is 0 Å². The molecule has 1 fully saturated rings. The SMILES string of the molecule is CCCCCCCCC[N+]1(CCCC)CCCC1.CS(=O)(=O)[O-]. The smallest absolute Gasteiger partial charge is 0.0916 e. The fourth-order valence-corrected chi connectivity index (χ4v) is 3.46. The monoisotopic (exact) mass is 349 g/mol. The third kappa shape index (κ3) is 15.2. The second-order valence-electron chi connectivity index (χ2n) is 7.12. The van der Waals surface area contributed by atoms with Crippen LogP contribution in [0.4, 0.5) is 0 Å². The van der Waals surface area contributed by atoms with Crippen LogP contribution in [0.25, 0.3) is 0 Å². The zero-order chi connectivity index (χ0) is 17.6. The second kappa shape index (κ2) is 13.2. The van der Waals surface area contributed by atoms with E-state index in [0.29, 0.717) is 6.26 Å². The Bertz CT molecular complexity index is 354. The Kier molecular flexibility index (Phi) is 13.1. The van der Waals surface area contributed by atoms with Crippen LogP contribution in [-0.2, 0) is 10.1 Å². The summed E-state index contributed by atoms with van der Waals surface area (Å²) in [7, 11) is -3.92. The van der Waals surface area contributed by atoms with Crippen molar-refractivity contribution < 1.29 is 17.5 Å². The minimum absolute atomic E-state index is 0.604. The van der Waals surface area contributed by atoms with Crippen LogP contribution in [0.15, 0.2) is 0 Å². The van der Waals surface area contributed by atoms with Crippen LogP contribution in [0.3, 0.4) is 0 Å². The lowest BCUT2D eigenvalue weighted by molar-refractivity contribution is -0.917. The molecule has 0 bridgehead atoms. The Hall–Kier alpha value is -0.130.